The van der Waals surface area contributed by atoms with Crippen LogP contribution < -0.4 is 4.74 Å². The molecule has 1 aromatic carbocycles. The second-order valence-corrected chi connectivity index (χ2v) is 5.22. The Bertz CT molecular complexity index is 507. The van der Waals surface area contributed by atoms with Crippen molar-refractivity contribution in [1.82, 2.24) is 0 Å². The molecule has 108 valence electrons. The Morgan fingerprint density at radius 2 is 2.30 bits per heavy atom. The summed E-state index contributed by atoms with van der Waals surface area (Å²) in [5.41, 5.74) is 0.557. The highest BCUT2D eigenvalue weighted by molar-refractivity contribution is 6.18. The van der Waals surface area contributed by atoms with Crippen LogP contribution in [0, 0.1) is 17.7 Å². The van der Waals surface area contributed by atoms with Crippen LogP contribution in [-0.4, -0.2) is 24.7 Å². The Morgan fingerprint density at radius 3 is 3.00 bits per heavy atom. The van der Waals surface area contributed by atoms with Gasteiger partial charge in [0.1, 0.15) is 18.2 Å². The zero-order valence-electron chi connectivity index (χ0n) is 11.5. The van der Waals surface area contributed by atoms with Gasteiger partial charge in [-0.05, 0) is 38.0 Å². The van der Waals surface area contributed by atoms with E-state index in [9.17, 15) is 4.39 Å². The number of ether oxygens (including phenoxy) is 2. The second-order valence-electron chi connectivity index (χ2n) is 4.84. The van der Waals surface area contributed by atoms with E-state index in [1.165, 1.54) is 12.1 Å². The molecule has 1 fully saturated rings. The topological polar surface area (TPSA) is 18.5 Å². The Balaban J connectivity index is 2.01. The smallest absolute Gasteiger partial charge is 0.135 e. The Hall–Kier alpha value is -1.24. The molecule has 0 amide bonds. The summed E-state index contributed by atoms with van der Waals surface area (Å²) in [7, 11) is 0. The minimum atomic E-state index is -0.321. The molecular weight excluding hydrogens is 279 g/mol. The maximum atomic E-state index is 13.3. The first-order valence-electron chi connectivity index (χ1n) is 6.81. The van der Waals surface area contributed by atoms with Gasteiger partial charge < -0.3 is 9.47 Å². The molecule has 2 nitrogen and oxygen atoms in total. The number of hydrogen-bond donors (Lipinski definition) is 0. The predicted molar refractivity (Wildman–Crippen MR) is 77.7 cm³/mol. The molecule has 1 heterocycles. The summed E-state index contributed by atoms with van der Waals surface area (Å²) in [5, 5.41) is 0. The molecule has 20 heavy (non-hydrogen) atoms. The molecule has 1 aliphatic rings. The zero-order chi connectivity index (χ0) is 14.4. The summed E-state index contributed by atoms with van der Waals surface area (Å²) in [6.07, 6.45) is 3.02. The molecule has 1 saturated heterocycles. The lowest BCUT2D eigenvalue weighted by molar-refractivity contribution is 0.0264. The van der Waals surface area contributed by atoms with Gasteiger partial charge in [0.15, 0.2) is 0 Å². The fourth-order valence-corrected chi connectivity index (χ4v) is 2.22. The van der Waals surface area contributed by atoms with E-state index < -0.39 is 0 Å². The van der Waals surface area contributed by atoms with Crippen LogP contribution in [0.3, 0.4) is 0 Å². The van der Waals surface area contributed by atoms with Crippen molar-refractivity contribution in [3.8, 4) is 17.6 Å². The van der Waals surface area contributed by atoms with E-state index in [1.54, 1.807) is 6.07 Å². The van der Waals surface area contributed by atoms with E-state index in [0.717, 1.165) is 12.8 Å². The minimum Gasteiger partial charge on any atom is -0.490 e. The molecule has 0 radical (unpaired) electrons. The normalized spacial score (nSPS) is 21.4. The van der Waals surface area contributed by atoms with Crippen molar-refractivity contribution in [2.75, 3.05) is 12.5 Å². The monoisotopic (exact) mass is 296 g/mol. The molecule has 2 rings (SSSR count). The van der Waals surface area contributed by atoms with Crippen molar-refractivity contribution in [3.05, 3.63) is 29.6 Å². The highest BCUT2D eigenvalue weighted by Gasteiger charge is 2.22. The van der Waals surface area contributed by atoms with Crippen LogP contribution >= 0.6 is 11.6 Å². The summed E-state index contributed by atoms with van der Waals surface area (Å²) >= 11 is 5.58. The molecule has 0 aliphatic carbocycles. The van der Waals surface area contributed by atoms with Gasteiger partial charge in [0.05, 0.1) is 17.8 Å². The third kappa shape index (κ3) is 4.40. The number of hydrogen-bond acceptors (Lipinski definition) is 2. The minimum absolute atomic E-state index is 0.110. The van der Waals surface area contributed by atoms with Gasteiger partial charge in [0.2, 0.25) is 0 Å². The van der Waals surface area contributed by atoms with Gasteiger partial charge in [-0.15, -0.1) is 11.6 Å². The lowest BCUT2D eigenvalue weighted by atomic mass is 10.2. The zero-order valence-corrected chi connectivity index (χ0v) is 12.3. The fraction of sp³-hybridized carbons (Fsp3) is 0.500. The second kappa shape index (κ2) is 7.52. The van der Waals surface area contributed by atoms with E-state index in [2.05, 4.69) is 18.8 Å². The highest BCUT2D eigenvalue weighted by Crippen LogP contribution is 2.23. The van der Waals surface area contributed by atoms with E-state index in [4.69, 9.17) is 21.1 Å². The molecule has 2 atom stereocenters. The van der Waals surface area contributed by atoms with Crippen molar-refractivity contribution in [1.29, 1.82) is 0 Å². The first kappa shape index (κ1) is 15.2. The first-order valence-corrected chi connectivity index (χ1v) is 7.35. The van der Waals surface area contributed by atoms with Crippen LogP contribution in [0.25, 0.3) is 0 Å². The predicted octanol–water partition coefficient (Wildman–Crippen LogP) is 3.75. The van der Waals surface area contributed by atoms with Gasteiger partial charge in [-0.25, -0.2) is 4.39 Å². The summed E-state index contributed by atoms with van der Waals surface area (Å²) < 4.78 is 24.7. The van der Waals surface area contributed by atoms with Gasteiger partial charge in [-0.3, -0.25) is 0 Å². The molecule has 0 bridgehead atoms. The van der Waals surface area contributed by atoms with E-state index in [-0.39, 0.29) is 11.9 Å². The summed E-state index contributed by atoms with van der Waals surface area (Å²) in [5.74, 6) is 6.53. The largest absolute Gasteiger partial charge is 0.490 e. The molecule has 0 aromatic heterocycles. The average Bonchev–Trinajstić information content (AvgIpc) is 2.84. The standard InChI is InChI=1S/C16H18ClFO2/c1-12-5-7-15(20-12)11-19-16-8-6-14(18)10-13(16)4-2-3-9-17/h6,8,10,12,15H,3,5,7,9,11H2,1H3. The lowest BCUT2D eigenvalue weighted by Crippen LogP contribution is -2.18. The van der Waals surface area contributed by atoms with Gasteiger partial charge in [-0.2, -0.15) is 0 Å². The quantitative estimate of drug-likeness (QED) is 0.622. The molecule has 1 aromatic rings. The highest BCUT2D eigenvalue weighted by atomic mass is 35.5. The van der Waals surface area contributed by atoms with E-state index in [0.29, 0.717) is 36.3 Å². The van der Waals surface area contributed by atoms with Gasteiger partial charge in [-0.1, -0.05) is 11.8 Å². The van der Waals surface area contributed by atoms with Crippen molar-refractivity contribution < 1.29 is 13.9 Å². The fourth-order valence-electron chi connectivity index (χ4n) is 2.12. The molecule has 0 N–H and O–H groups in total. The van der Waals surface area contributed by atoms with Gasteiger partial charge >= 0.3 is 0 Å². The number of alkyl halides is 1. The number of benzene rings is 1. The molecular formula is C16H18ClFO2. The maximum Gasteiger partial charge on any atom is 0.135 e. The molecule has 2 unspecified atom stereocenters. The lowest BCUT2D eigenvalue weighted by Gasteiger charge is -2.13. The van der Waals surface area contributed by atoms with Crippen molar-refractivity contribution in [2.45, 2.75) is 38.4 Å². The molecule has 1 aliphatic heterocycles. The SMILES string of the molecule is CC1CCC(COc2ccc(F)cc2C#CCCCl)O1. The summed E-state index contributed by atoms with van der Waals surface area (Å²) in [6, 6.07) is 4.37. The summed E-state index contributed by atoms with van der Waals surface area (Å²) in [6.45, 7) is 2.53. The Morgan fingerprint density at radius 1 is 1.45 bits per heavy atom. The number of halogens is 2. The first-order chi connectivity index (χ1) is 9.69. The average molecular weight is 297 g/mol. The van der Waals surface area contributed by atoms with E-state index >= 15 is 0 Å². The van der Waals surface area contributed by atoms with Crippen LogP contribution in [0.5, 0.6) is 5.75 Å². The molecule has 0 spiro atoms. The molecule has 4 heteroatoms. The summed E-state index contributed by atoms with van der Waals surface area (Å²) in [4.78, 5) is 0. The Labute approximate surface area is 124 Å². The van der Waals surface area contributed by atoms with Crippen LogP contribution in [0.15, 0.2) is 18.2 Å². The number of rotatable bonds is 4. The molecule has 0 saturated carbocycles. The van der Waals surface area contributed by atoms with E-state index in [1.807, 2.05) is 0 Å². The van der Waals surface area contributed by atoms with Crippen molar-refractivity contribution in [3.63, 3.8) is 0 Å². The van der Waals surface area contributed by atoms with Crippen LogP contribution in [-0.2, 0) is 4.74 Å². The third-order valence-electron chi connectivity index (χ3n) is 3.13. The van der Waals surface area contributed by atoms with Crippen molar-refractivity contribution in [2.24, 2.45) is 0 Å². The third-order valence-corrected chi connectivity index (χ3v) is 3.32. The van der Waals surface area contributed by atoms with Crippen LogP contribution in [0.2, 0.25) is 0 Å². The van der Waals surface area contributed by atoms with Crippen LogP contribution in [0.1, 0.15) is 31.7 Å². The maximum absolute atomic E-state index is 13.3. The Kier molecular flexibility index (Phi) is 5.70. The van der Waals surface area contributed by atoms with Gasteiger partial charge in [0, 0.05) is 12.3 Å². The van der Waals surface area contributed by atoms with Crippen molar-refractivity contribution >= 4 is 11.6 Å². The van der Waals surface area contributed by atoms with Crippen LogP contribution in [0.4, 0.5) is 4.39 Å². The van der Waals surface area contributed by atoms with Gasteiger partial charge in [0.25, 0.3) is 0 Å².